The zero-order valence-electron chi connectivity index (χ0n) is 12.0. The quantitative estimate of drug-likeness (QED) is 0.783. The molecule has 0 unspecified atom stereocenters. The van der Waals surface area contributed by atoms with E-state index in [2.05, 4.69) is 47.3 Å². The van der Waals surface area contributed by atoms with Gasteiger partial charge in [0.25, 0.3) is 0 Å². The lowest BCUT2D eigenvalue weighted by Gasteiger charge is -2.10. The molecule has 0 spiro atoms. The molecule has 3 nitrogen and oxygen atoms in total. The average Bonchev–Trinajstić information content (AvgIpc) is 2.91. The second-order valence-corrected chi connectivity index (χ2v) is 5.14. The third kappa shape index (κ3) is 2.75. The van der Waals surface area contributed by atoms with Crippen LogP contribution >= 0.6 is 0 Å². The number of nitriles is 1. The second kappa shape index (κ2) is 5.72. The summed E-state index contributed by atoms with van der Waals surface area (Å²) in [5.41, 5.74) is 4.24. The molecule has 3 heteroatoms. The van der Waals surface area contributed by atoms with Gasteiger partial charge in [0, 0.05) is 30.5 Å². The Morgan fingerprint density at radius 3 is 2.81 bits per heavy atom. The molecule has 2 aromatic carbocycles. The summed E-state index contributed by atoms with van der Waals surface area (Å²) < 4.78 is 2.18. The molecule has 0 amide bonds. The average molecular weight is 275 g/mol. The van der Waals surface area contributed by atoms with Gasteiger partial charge in [-0.2, -0.15) is 5.26 Å². The van der Waals surface area contributed by atoms with E-state index in [1.165, 1.54) is 16.6 Å². The van der Waals surface area contributed by atoms with Crippen molar-refractivity contribution in [2.75, 3.05) is 11.9 Å². The van der Waals surface area contributed by atoms with Crippen LogP contribution in [0.5, 0.6) is 0 Å². The second-order valence-electron chi connectivity index (χ2n) is 5.14. The van der Waals surface area contributed by atoms with Crippen molar-refractivity contribution in [2.24, 2.45) is 0 Å². The van der Waals surface area contributed by atoms with Gasteiger partial charge in [-0.05, 0) is 42.1 Å². The summed E-state index contributed by atoms with van der Waals surface area (Å²) in [6.07, 6.45) is 2.07. The Kier molecular flexibility index (Phi) is 3.61. The normalized spacial score (nSPS) is 10.5. The highest BCUT2D eigenvalue weighted by atomic mass is 15.0. The minimum Gasteiger partial charge on any atom is -0.383 e. The molecule has 0 aliphatic rings. The monoisotopic (exact) mass is 275 g/mol. The van der Waals surface area contributed by atoms with Crippen LogP contribution in [0.15, 0.2) is 54.7 Å². The molecule has 1 aromatic heterocycles. The van der Waals surface area contributed by atoms with E-state index in [1.54, 1.807) is 0 Å². The number of rotatable bonds is 4. The van der Waals surface area contributed by atoms with Gasteiger partial charge < -0.3 is 9.88 Å². The number of aryl methyl sites for hydroxylation is 1. The zero-order valence-corrected chi connectivity index (χ0v) is 12.0. The number of aromatic nitrogens is 1. The van der Waals surface area contributed by atoms with E-state index in [0.717, 1.165) is 18.6 Å². The first-order valence-electron chi connectivity index (χ1n) is 7.06. The Morgan fingerprint density at radius 1 is 1.14 bits per heavy atom. The summed E-state index contributed by atoms with van der Waals surface area (Å²) >= 11 is 0. The Morgan fingerprint density at radius 2 is 2.00 bits per heavy atom. The van der Waals surface area contributed by atoms with Gasteiger partial charge in [0.2, 0.25) is 0 Å². The van der Waals surface area contributed by atoms with E-state index >= 15 is 0 Å². The van der Waals surface area contributed by atoms with E-state index in [1.807, 2.05) is 30.3 Å². The predicted octanol–water partition coefficient (Wildman–Crippen LogP) is 3.93. The van der Waals surface area contributed by atoms with E-state index in [4.69, 9.17) is 5.26 Å². The summed E-state index contributed by atoms with van der Waals surface area (Å²) in [7, 11) is 0. The maximum absolute atomic E-state index is 9.01. The van der Waals surface area contributed by atoms with Gasteiger partial charge in [-0.3, -0.25) is 0 Å². The highest BCUT2D eigenvalue weighted by molar-refractivity contribution is 5.81. The first-order chi connectivity index (χ1) is 10.3. The van der Waals surface area contributed by atoms with E-state index in [0.29, 0.717) is 5.56 Å². The Hall–Kier alpha value is -2.73. The Bertz CT molecular complexity index is 809. The Balaban J connectivity index is 1.74. The fourth-order valence-corrected chi connectivity index (χ4v) is 2.53. The van der Waals surface area contributed by atoms with Crippen LogP contribution < -0.4 is 5.32 Å². The maximum atomic E-state index is 9.01. The molecule has 1 heterocycles. The zero-order chi connectivity index (χ0) is 14.7. The van der Waals surface area contributed by atoms with Crippen LogP contribution in [0.4, 0.5) is 5.69 Å². The van der Waals surface area contributed by atoms with Gasteiger partial charge in [-0.1, -0.05) is 24.3 Å². The van der Waals surface area contributed by atoms with Crippen LogP contribution in [0.25, 0.3) is 10.9 Å². The van der Waals surface area contributed by atoms with E-state index in [-0.39, 0.29) is 0 Å². The molecule has 0 fully saturated rings. The lowest BCUT2D eigenvalue weighted by molar-refractivity contribution is 0.757. The minimum atomic E-state index is 0.703. The van der Waals surface area contributed by atoms with Gasteiger partial charge in [-0.15, -0.1) is 0 Å². The molecular weight excluding hydrogens is 258 g/mol. The van der Waals surface area contributed by atoms with Crippen LogP contribution in [0.1, 0.15) is 11.1 Å². The standard InChI is InChI=1S/C18H17N3/c1-14-4-2-3-5-17(14)20-9-11-21-10-8-16-7-6-15(13-19)12-18(16)21/h2-8,10,12,20H,9,11H2,1H3. The molecule has 1 N–H and O–H groups in total. The fourth-order valence-electron chi connectivity index (χ4n) is 2.53. The number of nitrogens with one attached hydrogen (secondary N) is 1. The molecule has 0 aliphatic heterocycles. The molecule has 21 heavy (non-hydrogen) atoms. The first-order valence-corrected chi connectivity index (χ1v) is 7.06. The number of fused-ring (bicyclic) bond motifs is 1. The largest absolute Gasteiger partial charge is 0.383 e. The van der Waals surface area contributed by atoms with E-state index < -0.39 is 0 Å². The van der Waals surface area contributed by atoms with Gasteiger partial charge in [0.05, 0.1) is 11.6 Å². The van der Waals surface area contributed by atoms with Crippen molar-refractivity contribution in [3.05, 3.63) is 65.9 Å². The Labute approximate surface area is 124 Å². The topological polar surface area (TPSA) is 40.8 Å². The van der Waals surface area contributed by atoms with Crippen LogP contribution in [-0.2, 0) is 6.54 Å². The van der Waals surface area contributed by atoms with Gasteiger partial charge >= 0.3 is 0 Å². The number of para-hydroxylation sites is 1. The first kappa shape index (κ1) is 13.3. The van der Waals surface area contributed by atoms with Crippen molar-refractivity contribution >= 4 is 16.6 Å². The molecule has 0 atom stereocenters. The fraction of sp³-hybridized carbons (Fsp3) is 0.167. The molecule has 3 aromatic rings. The van der Waals surface area contributed by atoms with E-state index in [9.17, 15) is 0 Å². The van der Waals surface area contributed by atoms with Gasteiger partial charge in [0.1, 0.15) is 0 Å². The molecule has 104 valence electrons. The highest BCUT2D eigenvalue weighted by Gasteiger charge is 2.02. The van der Waals surface area contributed by atoms with Crippen LogP contribution in [-0.4, -0.2) is 11.1 Å². The molecule has 0 radical (unpaired) electrons. The lowest BCUT2D eigenvalue weighted by atomic mass is 10.2. The molecular formula is C18H17N3. The van der Waals surface area contributed by atoms with Crippen LogP contribution in [0.2, 0.25) is 0 Å². The number of hydrogen-bond acceptors (Lipinski definition) is 2. The number of nitrogens with zero attached hydrogens (tertiary/aromatic N) is 2. The van der Waals surface area contributed by atoms with Gasteiger partial charge in [-0.25, -0.2) is 0 Å². The van der Waals surface area contributed by atoms with Crippen molar-refractivity contribution in [1.29, 1.82) is 5.26 Å². The summed E-state index contributed by atoms with van der Waals surface area (Å²) in [6.45, 7) is 3.82. The van der Waals surface area contributed by atoms with Crippen molar-refractivity contribution in [2.45, 2.75) is 13.5 Å². The predicted molar refractivity (Wildman–Crippen MR) is 86.3 cm³/mol. The number of hydrogen-bond donors (Lipinski definition) is 1. The highest BCUT2D eigenvalue weighted by Crippen LogP contribution is 2.18. The molecule has 0 saturated heterocycles. The summed E-state index contributed by atoms with van der Waals surface area (Å²) in [6, 6.07) is 18.4. The number of anilines is 1. The van der Waals surface area contributed by atoms with Crippen molar-refractivity contribution in [1.82, 2.24) is 4.57 Å². The molecule has 0 saturated carbocycles. The molecule has 3 rings (SSSR count). The third-order valence-corrected chi connectivity index (χ3v) is 3.72. The van der Waals surface area contributed by atoms with Crippen molar-refractivity contribution < 1.29 is 0 Å². The van der Waals surface area contributed by atoms with Crippen molar-refractivity contribution in [3.8, 4) is 6.07 Å². The number of benzene rings is 2. The smallest absolute Gasteiger partial charge is 0.0992 e. The van der Waals surface area contributed by atoms with Crippen LogP contribution in [0.3, 0.4) is 0 Å². The van der Waals surface area contributed by atoms with Crippen molar-refractivity contribution in [3.63, 3.8) is 0 Å². The maximum Gasteiger partial charge on any atom is 0.0992 e. The molecule has 0 bridgehead atoms. The van der Waals surface area contributed by atoms with Gasteiger partial charge in [0.15, 0.2) is 0 Å². The van der Waals surface area contributed by atoms with Crippen LogP contribution in [0, 0.1) is 18.3 Å². The summed E-state index contributed by atoms with van der Waals surface area (Å²) in [5, 5.41) is 13.6. The molecule has 0 aliphatic carbocycles. The summed E-state index contributed by atoms with van der Waals surface area (Å²) in [5.74, 6) is 0. The third-order valence-electron chi connectivity index (χ3n) is 3.72. The minimum absolute atomic E-state index is 0.703. The SMILES string of the molecule is Cc1ccccc1NCCn1ccc2ccc(C#N)cc21. The summed E-state index contributed by atoms with van der Waals surface area (Å²) in [4.78, 5) is 0. The lowest BCUT2D eigenvalue weighted by Crippen LogP contribution is -2.10.